The number of hydrogen-bond acceptors (Lipinski definition) is 5. The lowest BCUT2D eigenvalue weighted by molar-refractivity contribution is 0.201. The summed E-state index contributed by atoms with van der Waals surface area (Å²) in [6, 6.07) is 9.09. The summed E-state index contributed by atoms with van der Waals surface area (Å²) in [6.45, 7) is 3.93. The number of phenols is 1. The maximum atomic E-state index is 9.72. The largest absolute Gasteiger partial charge is 0.504 e. The van der Waals surface area contributed by atoms with Gasteiger partial charge in [-0.3, -0.25) is 0 Å². The molecule has 0 heterocycles. The topological polar surface area (TPSA) is 57.2 Å². The average Bonchev–Trinajstić information content (AvgIpc) is 2.64. The molecule has 140 valence electrons. The molecule has 0 saturated carbocycles. The zero-order valence-electron chi connectivity index (χ0n) is 15.9. The molecule has 2 aromatic rings. The number of aromatic hydroxyl groups is 1. The van der Waals surface area contributed by atoms with E-state index in [1.165, 1.54) is 7.11 Å². The third kappa shape index (κ3) is 4.63. The molecule has 0 saturated heterocycles. The summed E-state index contributed by atoms with van der Waals surface area (Å²) >= 11 is 0. The van der Waals surface area contributed by atoms with Gasteiger partial charge in [0.05, 0.1) is 21.3 Å². The summed E-state index contributed by atoms with van der Waals surface area (Å²) in [7, 11) is 4.74. The van der Waals surface area contributed by atoms with E-state index in [2.05, 4.69) is 0 Å². The van der Waals surface area contributed by atoms with Gasteiger partial charge in [0.2, 0.25) is 5.75 Å². The molecule has 0 amide bonds. The van der Waals surface area contributed by atoms with Gasteiger partial charge in [-0.15, -0.1) is 0 Å². The Morgan fingerprint density at radius 2 is 1.58 bits per heavy atom. The molecule has 0 radical (unpaired) electrons. The smallest absolute Gasteiger partial charge is 0.203 e. The van der Waals surface area contributed by atoms with Crippen molar-refractivity contribution in [2.45, 2.75) is 26.4 Å². The first-order valence-electron chi connectivity index (χ1n) is 8.43. The van der Waals surface area contributed by atoms with E-state index in [0.717, 1.165) is 11.1 Å². The first kappa shape index (κ1) is 19.5. The van der Waals surface area contributed by atoms with E-state index in [1.54, 1.807) is 26.4 Å². The van der Waals surface area contributed by atoms with Gasteiger partial charge in [-0.25, -0.2) is 0 Å². The zero-order chi connectivity index (χ0) is 19.1. The van der Waals surface area contributed by atoms with Crippen LogP contribution in [0.2, 0.25) is 0 Å². The van der Waals surface area contributed by atoms with Gasteiger partial charge >= 0.3 is 0 Å². The minimum atomic E-state index is -0.139. The van der Waals surface area contributed by atoms with Crippen LogP contribution in [0.4, 0.5) is 0 Å². The molecule has 0 aliphatic rings. The van der Waals surface area contributed by atoms with Gasteiger partial charge in [-0.1, -0.05) is 18.2 Å². The summed E-state index contributed by atoms with van der Waals surface area (Å²) in [5.74, 6) is 2.37. The second kappa shape index (κ2) is 9.04. The molecule has 0 spiro atoms. The van der Waals surface area contributed by atoms with Crippen molar-refractivity contribution in [2.75, 3.05) is 21.3 Å². The molecule has 1 atom stereocenters. The Morgan fingerprint density at radius 1 is 0.962 bits per heavy atom. The van der Waals surface area contributed by atoms with Gasteiger partial charge in [-0.2, -0.15) is 0 Å². The molecule has 0 aliphatic carbocycles. The summed E-state index contributed by atoms with van der Waals surface area (Å²) in [5, 5.41) is 9.72. The van der Waals surface area contributed by atoms with Crippen molar-refractivity contribution in [1.29, 1.82) is 0 Å². The van der Waals surface area contributed by atoms with Crippen LogP contribution in [0.1, 0.15) is 25.0 Å². The fourth-order valence-corrected chi connectivity index (χ4v) is 2.73. The minimum absolute atomic E-state index is 0.118. The van der Waals surface area contributed by atoms with Gasteiger partial charge in [0.1, 0.15) is 6.10 Å². The van der Waals surface area contributed by atoms with Gasteiger partial charge in [0.25, 0.3) is 0 Å². The van der Waals surface area contributed by atoms with Crippen LogP contribution in [0.15, 0.2) is 36.4 Å². The van der Waals surface area contributed by atoms with Crippen molar-refractivity contribution in [3.05, 3.63) is 47.5 Å². The van der Waals surface area contributed by atoms with Crippen molar-refractivity contribution < 1.29 is 24.1 Å². The normalized spacial score (nSPS) is 12.0. The number of allylic oxidation sites excluding steroid dienone is 1. The molecule has 26 heavy (non-hydrogen) atoms. The lowest BCUT2D eigenvalue weighted by Gasteiger charge is -2.20. The molecule has 0 fully saturated rings. The molecule has 2 rings (SSSR count). The van der Waals surface area contributed by atoms with Gasteiger partial charge in [0.15, 0.2) is 23.0 Å². The van der Waals surface area contributed by atoms with Crippen molar-refractivity contribution in [2.24, 2.45) is 0 Å². The second-order valence-electron chi connectivity index (χ2n) is 5.89. The fourth-order valence-electron chi connectivity index (χ4n) is 2.73. The Kier molecular flexibility index (Phi) is 6.78. The molecule has 5 heteroatoms. The van der Waals surface area contributed by atoms with Gasteiger partial charge in [-0.05, 0) is 49.2 Å². The van der Waals surface area contributed by atoms with Crippen molar-refractivity contribution in [3.63, 3.8) is 0 Å². The molecule has 5 nitrogen and oxygen atoms in total. The second-order valence-corrected chi connectivity index (χ2v) is 5.89. The predicted molar refractivity (Wildman–Crippen MR) is 103 cm³/mol. The number of benzene rings is 2. The number of ether oxygens (including phenoxy) is 4. The fraction of sp³-hybridized carbons (Fsp3) is 0.333. The average molecular weight is 358 g/mol. The Hall–Kier alpha value is -2.82. The molecule has 0 aromatic heterocycles. The zero-order valence-corrected chi connectivity index (χ0v) is 15.9. The monoisotopic (exact) mass is 358 g/mol. The van der Waals surface area contributed by atoms with Crippen LogP contribution in [0.3, 0.4) is 0 Å². The molecule has 1 unspecified atom stereocenters. The highest BCUT2D eigenvalue weighted by Crippen LogP contribution is 2.40. The highest BCUT2D eigenvalue weighted by Gasteiger charge is 2.17. The van der Waals surface area contributed by atoms with Crippen LogP contribution < -0.4 is 18.9 Å². The van der Waals surface area contributed by atoms with Gasteiger partial charge < -0.3 is 24.1 Å². The first-order valence-corrected chi connectivity index (χ1v) is 8.43. The van der Waals surface area contributed by atoms with E-state index in [0.29, 0.717) is 29.4 Å². The number of methoxy groups -OCH3 is 3. The van der Waals surface area contributed by atoms with Crippen LogP contribution in [-0.2, 0) is 6.42 Å². The maximum absolute atomic E-state index is 9.72. The molecular formula is C21H26O5. The molecule has 0 bridgehead atoms. The Balaban J connectivity index is 2.23. The first-order chi connectivity index (χ1) is 12.5. The summed E-state index contributed by atoms with van der Waals surface area (Å²) < 4.78 is 22.3. The highest BCUT2D eigenvalue weighted by molar-refractivity contribution is 5.62. The molecule has 0 aliphatic heterocycles. The summed E-state index contributed by atoms with van der Waals surface area (Å²) in [5.41, 5.74) is 1.97. The number of phenolic OH excluding ortho intramolecular Hbond substituents is 1. The third-order valence-electron chi connectivity index (χ3n) is 3.93. The van der Waals surface area contributed by atoms with E-state index >= 15 is 0 Å². The molecule has 2 aromatic carbocycles. The lowest BCUT2D eigenvalue weighted by Crippen LogP contribution is -2.16. The van der Waals surface area contributed by atoms with E-state index < -0.39 is 0 Å². The predicted octanol–water partition coefficient (Wildman–Crippen LogP) is 4.46. The summed E-state index contributed by atoms with van der Waals surface area (Å²) in [6.07, 6.45) is 4.43. The van der Waals surface area contributed by atoms with Gasteiger partial charge in [0, 0.05) is 6.42 Å². The Morgan fingerprint density at radius 3 is 2.12 bits per heavy atom. The van der Waals surface area contributed by atoms with Crippen LogP contribution in [0.25, 0.3) is 6.08 Å². The van der Waals surface area contributed by atoms with E-state index in [1.807, 2.05) is 44.2 Å². The number of hydrogen-bond donors (Lipinski definition) is 1. The highest BCUT2D eigenvalue weighted by atomic mass is 16.5. The van der Waals surface area contributed by atoms with Crippen molar-refractivity contribution in [3.8, 4) is 28.7 Å². The SMILES string of the molecule is C/C=C/c1cc(OC)c(OC(C)Cc2ccc(O)c(OC)c2)c(OC)c1. The van der Waals surface area contributed by atoms with E-state index in [4.69, 9.17) is 18.9 Å². The van der Waals surface area contributed by atoms with Crippen molar-refractivity contribution in [1.82, 2.24) is 0 Å². The van der Waals surface area contributed by atoms with E-state index in [9.17, 15) is 5.11 Å². The summed E-state index contributed by atoms with van der Waals surface area (Å²) in [4.78, 5) is 0. The molecule has 1 N–H and O–H groups in total. The van der Waals surface area contributed by atoms with Crippen LogP contribution in [0, 0.1) is 0 Å². The van der Waals surface area contributed by atoms with Crippen LogP contribution in [0.5, 0.6) is 28.7 Å². The Labute approximate surface area is 154 Å². The maximum Gasteiger partial charge on any atom is 0.203 e. The third-order valence-corrected chi connectivity index (χ3v) is 3.93. The number of rotatable bonds is 8. The standard InChI is InChI=1S/C21H26O5/c1-6-7-15-12-19(24-4)21(20(13-15)25-5)26-14(2)10-16-8-9-17(22)18(11-16)23-3/h6-9,11-14,22H,10H2,1-5H3/b7-6+. The van der Waals surface area contributed by atoms with E-state index in [-0.39, 0.29) is 11.9 Å². The van der Waals surface area contributed by atoms with Crippen LogP contribution in [-0.4, -0.2) is 32.5 Å². The quantitative estimate of drug-likeness (QED) is 0.755. The molecular weight excluding hydrogens is 332 g/mol. The Bertz CT molecular complexity index is 742. The van der Waals surface area contributed by atoms with Crippen LogP contribution >= 0.6 is 0 Å². The minimum Gasteiger partial charge on any atom is -0.504 e. The lowest BCUT2D eigenvalue weighted by atomic mass is 10.1. The van der Waals surface area contributed by atoms with Crippen molar-refractivity contribution >= 4 is 6.08 Å².